The number of fused-ring (bicyclic) bond motifs is 1. The average molecular weight is 459 g/mol. The van der Waals surface area contributed by atoms with Crippen LogP contribution >= 0.6 is 23.4 Å². The smallest absolute Gasteiger partial charge is 0.241 e. The molecular weight excluding hydrogens is 440 g/mol. The van der Waals surface area contributed by atoms with Crippen LogP contribution in [0.15, 0.2) is 89.0 Å². The lowest BCUT2D eigenvalue weighted by atomic mass is 10.1. The van der Waals surface area contributed by atoms with E-state index in [1.165, 1.54) is 12.1 Å². The van der Waals surface area contributed by atoms with E-state index >= 15 is 0 Å². The van der Waals surface area contributed by atoms with Gasteiger partial charge in [-0.25, -0.2) is 13.1 Å². The lowest BCUT2D eigenvalue weighted by Gasteiger charge is -2.19. The van der Waals surface area contributed by atoms with Crippen LogP contribution < -0.4 is 4.72 Å². The summed E-state index contributed by atoms with van der Waals surface area (Å²) in [5.41, 5.74) is 1.68. The summed E-state index contributed by atoms with van der Waals surface area (Å²) in [4.78, 5) is 0.184. The van der Waals surface area contributed by atoms with Crippen LogP contribution in [0.25, 0.3) is 5.65 Å². The van der Waals surface area contributed by atoms with E-state index in [9.17, 15) is 8.42 Å². The molecule has 1 N–H and O–H groups in total. The number of hydrogen-bond acceptors (Lipinski definition) is 5. The third-order valence-corrected chi connectivity index (χ3v) is 7.26. The molecule has 154 valence electrons. The normalized spacial score (nSPS) is 12.8. The van der Waals surface area contributed by atoms with Crippen LogP contribution in [0.5, 0.6) is 0 Å². The van der Waals surface area contributed by atoms with Gasteiger partial charge >= 0.3 is 0 Å². The van der Waals surface area contributed by atoms with Crippen LogP contribution in [0, 0.1) is 0 Å². The maximum atomic E-state index is 12.9. The van der Waals surface area contributed by atoms with Crippen LogP contribution in [-0.2, 0) is 10.0 Å². The molecule has 4 aromatic rings. The van der Waals surface area contributed by atoms with Gasteiger partial charge in [0.05, 0.1) is 4.90 Å². The van der Waals surface area contributed by atoms with Crippen molar-refractivity contribution in [3.05, 3.63) is 89.6 Å². The first-order valence-electron chi connectivity index (χ1n) is 9.28. The second kappa shape index (κ2) is 9.18. The molecule has 0 spiro atoms. The molecule has 0 bridgehead atoms. The van der Waals surface area contributed by atoms with Gasteiger partial charge in [-0.1, -0.05) is 59.8 Å². The van der Waals surface area contributed by atoms with E-state index in [-0.39, 0.29) is 10.9 Å². The summed E-state index contributed by atoms with van der Waals surface area (Å²) in [6, 6.07) is 21.1. The number of nitrogens with zero attached hydrogens (tertiary/aromatic N) is 3. The Labute approximate surface area is 184 Å². The van der Waals surface area contributed by atoms with Crippen molar-refractivity contribution in [1.29, 1.82) is 0 Å². The van der Waals surface area contributed by atoms with E-state index in [0.717, 1.165) is 16.4 Å². The zero-order chi connectivity index (χ0) is 21.0. The zero-order valence-electron chi connectivity index (χ0n) is 15.8. The highest BCUT2D eigenvalue weighted by Gasteiger charge is 2.21. The van der Waals surface area contributed by atoms with E-state index in [0.29, 0.717) is 17.2 Å². The van der Waals surface area contributed by atoms with Crippen LogP contribution in [0.4, 0.5) is 0 Å². The summed E-state index contributed by atoms with van der Waals surface area (Å²) in [6.07, 6.45) is 2.50. The highest BCUT2D eigenvalue weighted by molar-refractivity contribution is 7.99. The van der Waals surface area contributed by atoms with Crippen LogP contribution in [-0.4, -0.2) is 28.8 Å². The number of thioether (sulfide) groups is 1. The molecule has 4 rings (SSSR count). The van der Waals surface area contributed by atoms with Crippen LogP contribution in [0.1, 0.15) is 18.0 Å². The van der Waals surface area contributed by atoms with Crippen molar-refractivity contribution in [2.75, 3.05) is 5.75 Å². The summed E-state index contributed by atoms with van der Waals surface area (Å²) in [5, 5.41) is 9.64. The Morgan fingerprint density at radius 3 is 2.47 bits per heavy atom. The standard InChI is InChI=1S/C21H19ClN4O2S2/c22-17-9-11-18(12-10-17)30(27,28)25-19(16-6-2-1-3-7-16)13-15-29-21-24-23-20-8-4-5-14-26(20)21/h1-12,14,19,25H,13,15H2/t19-/m1/s1. The summed E-state index contributed by atoms with van der Waals surface area (Å²) < 4.78 is 30.6. The third kappa shape index (κ3) is 4.84. The molecule has 0 radical (unpaired) electrons. The molecule has 2 aromatic heterocycles. The fraction of sp³-hybridized carbons (Fsp3) is 0.143. The summed E-state index contributed by atoms with van der Waals surface area (Å²) in [6.45, 7) is 0. The number of rotatable bonds is 8. The number of aromatic nitrogens is 3. The fourth-order valence-electron chi connectivity index (χ4n) is 3.03. The van der Waals surface area contributed by atoms with E-state index in [1.54, 1.807) is 23.9 Å². The van der Waals surface area contributed by atoms with E-state index in [1.807, 2.05) is 59.1 Å². The fourth-order valence-corrected chi connectivity index (χ4v) is 5.35. The Morgan fingerprint density at radius 2 is 1.70 bits per heavy atom. The topological polar surface area (TPSA) is 76.4 Å². The predicted molar refractivity (Wildman–Crippen MR) is 119 cm³/mol. The molecule has 0 aliphatic rings. The number of sulfonamides is 1. The number of pyridine rings is 1. The minimum absolute atomic E-state index is 0.184. The second-order valence-electron chi connectivity index (χ2n) is 6.59. The van der Waals surface area contributed by atoms with Crippen molar-refractivity contribution in [2.45, 2.75) is 22.5 Å². The molecule has 0 amide bonds. The van der Waals surface area contributed by atoms with Gasteiger partial charge in [0.15, 0.2) is 10.8 Å². The highest BCUT2D eigenvalue weighted by Crippen LogP contribution is 2.25. The average Bonchev–Trinajstić information content (AvgIpc) is 3.17. The molecule has 0 saturated heterocycles. The number of benzene rings is 2. The van der Waals surface area contributed by atoms with E-state index in [4.69, 9.17) is 11.6 Å². The Bertz CT molecular complexity index is 1230. The molecule has 0 aliphatic heterocycles. The largest absolute Gasteiger partial charge is 0.277 e. The van der Waals surface area contributed by atoms with Gasteiger partial charge in [0.25, 0.3) is 0 Å². The molecule has 30 heavy (non-hydrogen) atoms. The number of hydrogen-bond donors (Lipinski definition) is 1. The predicted octanol–water partition coefficient (Wildman–Crippen LogP) is 4.58. The molecule has 6 nitrogen and oxygen atoms in total. The third-order valence-electron chi connectivity index (χ3n) is 4.54. The zero-order valence-corrected chi connectivity index (χ0v) is 18.2. The highest BCUT2D eigenvalue weighted by atomic mass is 35.5. The van der Waals surface area contributed by atoms with Gasteiger partial charge in [0.1, 0.15) is 0 Å². The first-order valence-corrected chi connectivity index (χ1v) is 12.1. The second-order valence-corrected chi connectivity index (χ2v) is 9.80. The number of halogens is 1. The monoisotopic (exact) mass is 458 g/mol. The van der Waals surface area contributed by atoms with Crippen molar-refractivity contribution in [2.24, 2.45) is 0 Å². The SMILES string of the molecule is O=S(=O)(N[C@H](CCSc1nnc2ccccn12)c1ccccc1)c1ccc(Cl)cc1. The summed E-state index contributed by atoms with van der Waals surface area (Å²) >= 11 is 7.43. The molecule has 0 fully saturated rings. The molecule has 1 atom stereocenters. The van der Waals surface area contributed by atoms with Crippen LogP contribution in [0.2, 0.25) is 5.02 Å². The van der Waals surface area contributed by atoms with E-state index in [2.05, 4.69) is 14.9 Å². The van der Waals surface area contributed by atoms with Crippen molar-refractivity contribution in [3.8, 4) is 0 Å². The minimum atomic E-state index is -3.69. The van der Waals surface area contributed by atoms with Crippen molar-refractivity contribution in [3.63, 3.8) is 0 Å². The van der Waals surface area contributed by atoms with Crippen LogP contribution in [0.3, 0.4) is 0 Å². The van der Waals surface area contributed by atoms with Gasteiger partial charge in [-0.3, -0.25) is 4.40 Å². The molecule has 2 heterocycles. The summed E-state index contributed by atoms with van der Waals surface area (Å²) in [7, 11) is -3.69. The molecule has 2 aromatic carbocycles. The Balaban J connectivity index is 1.51. The Morgan fingerprint density at radius 1 is 0.967 bits per heavy atom. The molecule has 9 heteroatoms. The van der Waals surface area contributed by atoms with Gasteiger partial charge in [-0.15, -0.1) is 10.2 Å². The lowest BCUT2D eigenvalue weighted by molar-refractivity contribution is 0.551. The Hall–Kier alpha value is -2.39. The molecule has 0 aliphatic carbocycles. The summed E-state index contributed by atoms with van der Waals surface area (Å²) in [5.74, 6) is 0.665. The van der Waals surface area contributed by atoms with Gasteiger partial charge in [0.2, 0.25) is 10.0 Å². The maximum absolute atomic E-state index is 12.9. The molecular formula is C21H19ClN4O2S2. The lowest BCUT2D eigenvalue weighted by Crippen LogP contribution is -2.29. The van der Waals surface area contributed by atoms with Gasteiger partial charge in [0, 0.05) is 23.0 Å². The van der Waals surface area contributed by atoms with Gasteiger partial charge in [-0.05, 0) is 48.4 Å². The quantitative estimate of drug-likeness (QED) is 0.391. The number of nitrogens with one attached hydrogen (secondary N) is 1. The minimum Gasteiger partial charge on any atom is -0.277 e. The van der Waals surface area contributed by atoms with E-state index < -0.39 is 10.0 Å². The van der Waals surface area contributed by atoms with Gasteiger partial charge < -0.3 is 0 Å². The van der Waals surface area contributed by atoms with Crippen molar-refractivity contribution >= 4 is 39.0 Å². The first kappa shape index (κ1) is 20.9. The van der Waals surface area contributed by atoms with Crippen molar-refractivity contribution in [1.82, 2.24) is 19.3 Å². The Kier molecular flexibility index (Phi) is 6.38. The molecule has 0 unspecified atom stereocenters. The van der Waals surface area contributed by atoms with Gasteiger partial charge in [-0.2, -0.15) is 0 Å². The maximum Gasteiger partial charge on any atom is 0.241 e. The van der Waals surface area contributed by atoms with Crippen molar-refractivity contribution < 1.29 is 8.42 Å². The first-order chi connectivity index (χ1) is 14.5. The molecule has 0 saturated carbocycles.